The van der Waals surface area contributed by atoms with Crippen LogP contribution in [0.4, 0.5) is 0 Å². The summed E-state index contributed by atoms with van der Waals surface area (Å²) in [5, 5.41) is 8.27. The van der Waals surface area contributed by atoms with E-state index in [9.17, 15) is 0 Å². The first-order valence-corrected chi connectivity index (χ1v) is 23.2. The molecule has 0 unspecified atom stereocenters. The van der Waals surface area contributed by atoms with E-state index in [1.165, 1.54) is 71.5 Å². The molecule has 0 bridgehead atoms. The van der Waals surface area contributed by atoms with Crippen molar-refractivity contribution in [2.24, 2.45) is 0 Å². The molecule has 4 nitrogen and oxygen atoms in total. The lowest BCUT2D eigenvalue weighted by molar-refractivity contribution is 0.660. The van der Waals surface area contributed by atoms with Gasteiger partial charge >= 0.3 is 0 Å². The van der Waals surface area contributed by atoms with E-state index >= 15 is 0 Å². The highest BCUT2D eigenvalue weighted by atomic mass is 15.0. The zero-order valence-corrected chi connectivity index (χ0v) is 37.1. The number of hydrogen-bond acceptors (Lipinski definition) is 2. The average Bonchev–Trinajstić information content (AvgIpc) is 3.99. The average molecular weight is 855 g/mol. The van der Waals surface area contributed by atoms with Gasteiger partial charge < -0.3 is 9.13 Å². The fourth-order valence-corrected chi connectivity index (χ4v) is 11.4. The third-order valence-electron chi connectivity index (χ3n) is 14.5. The van der Waals surface area contributed by atoms with Crippen LogP contribution < -0.4 is 0 Å². The molecular formula is C63H42N4. The molecule has 314 valence electrons. The topological polar surface area (TPSA) is 35.6 Å². The van der Waals surface area contributed by atoms with E-state index in [0.717, 1.165) is 55.4 Å². The van der Waals surface area contributed by atoms with Gasteiger partial charge in [0.25, 0.3) is 0 Å². The third kappa shape index (κ3) is 5.54. The van der Waals surface area contributed by atoms with Gasteiger partial charge in [-0.05, 0) is 112 Å². The molecule has 0 N–H and O–H groups in total. The van der Waals surface area contributed by atoms with E-state index in [1.54, 1.807) is 0 Å². The Morgan fingerprint density at radius 1 is 0.358 bits per heavy atom. The maximum absolute atomic E-state index is 5.46. The minimum atomic E-state index is -0.125. The Kier molecular flexibility index (Phi) is 8.00. The van der Waals surface area contributed by atoms with Crippen LogP contribution in [0.15, 0.2) is 218 Å². The van der Waals surface area contributed by atoms with Gasteiger partial charge in [-0.15, -0.1) is 0 Å². The van der Waals surface area contributed by atoms with Gasteiger partial charge in [0, 0.05) is 60.2 Å². The predicted molar refractivity (Wildman–Crippen MR) is 280 cm³/mol. The molecule has 1 aliphatic carbocycles. The lowest BCUT2D eigenvalue weighted by Gasteiger charge is -2.22. The van der Waals surface area contributed by atoms with Crippen LogP contribution in [0.2, 0.25) is 0 Å². The van der Waals surface area contributed by atoms with E-state index in [1.807, 2.05) is 0 Å². The van der Waals surface area contributed by atoms with E-state index in [2.05, 4.69) is 241 Å². The molecule has 10 aromatic carbocycles. The Hall–Kier alpha value is -8.60. The second kappa shape index (κ2) is 14.2. The van der Waals surface area contributed by atoms with Crippen LogP contribution >= 0.6 is 0 Å². The Morgan fingerprint density at radius 3 is 1.81 bits per heavy atom. The molecule has 0 fully saturated rings. The van der Waals surface area contributed by atoms with E-state index in [-0.39, 0.29) is 5.41 Å². The van der Waals surface area contributed by atoms with Crippen LogP contribution in [0.1, 0.15) is 25.0 Å². The largest absolute Gasteiger partial charge is 0.309 e. The first-order valence-electron chi connectivity index (χ1n) is 23.2. The zero-order chi connectivity index (χ0) is 44.4. The maximum Gasteiger partial charge on any atom is 0.160 e. The van der Waals surface area contributed by atoms with Crippen molar-refractivity contribution in [1.82, 2.24) is 19.1 Å². The number of nitrogens with zero attached hydrogens (tertiary/aromatic N) is 4. The molecule has 3 heterocycles. The van der Waals surface area contributed by atoms with E-state index < -0.39 is 0 Å². The second-order valence-electron chi connectivity index (χ2n) is 18.5. The monoisotopic (exact) mass is 854 g/mol. The molecule has 0 aliphatic heterocycles. The second-order valence-corrected chi connectivity index (χ2v) is 18.5. The number of fused-ring (bicyclic) bond motifs is 12. The Morgan fingerprint density at radius 2 is 0.955 bits per heavy atom. The summed E-state index contributed by atoms with van der Waals surface area (Å²) >= 11 is 0. The summed E-state index contributed by atoms with van der Waals surface area (Å²) in [6, 6.07) is 79.4. The van der Waals surface area contributed by atoms with Gasteiger partial charge in [-0.2, -0.15) is 0 Å². The molecule has 14 rings (SSSR count). The Labute approximate surface area is 387 Å². The lowest BCUT2D eigenvalue weighted by atomic mass is 9.81. The van der Waals surface area contributed by atoms with Crippen LogP contribution in [0.3, 0.4) is 0 Å². The van der Waals surface area contributed by atoms with Gasteiger partial charge in [0.1, 0.15) is 0 Å². The van der Waals surface area contributed by atoms with Crippen LogP contribution in [0.5, 0.6) is 0 Å². The SMILES string of the molecule is CC1(C)c2ccccc2-c2ccc(-c3nc(-c4ccc(-n5c6ccccc6c6ccc(-c7cccc8c7c7ccccc7n8-c7ccccc7)cc65)cc4)nc4c3ccc3ccccc34)cc21. The van der Waals surface area contributed by atoms with Crippen molar-refractivity contribution in [3.05, 3.63) is 230 Å². The van der Waals surface area contributed by atoms with Crippen molar-refractivity contribution >= 4 is 65.3 Å². The zero-order valence-electron chi connectivity index (χ0n) is 37.1. The number of benzene rings is 10. The van der Waals surface area contributed by atoms with Crippen molar-refractivity contribution in [3.8, 4) is 56.3 Å². The highest BCUT2D eigenvalue weighted by molar-refractivity contribution is 6.17. The first-order chi connectivity index (χ1) is 33.0. The molecule has 3 aromatic heterocycles. The fraction of sp³-hybridized carbons (Fsp3) is 0.0476. The normalized spacial score (nSPS) is 13.0. The number of hydrogen-bond donors (Lipinski definition) is 0. The maximum atomic E-state index is 5.46. The molecular weight excluding hydrogens is 813 g/mol. The minimum Gasteiger partial charge on any atom is -0.309 e. The van der Waals surface area contributed by atoms with Crippen LogP contribution in [0.25, 0.3) is 122 Å². The third-order valence-corrected chi connectivity index (χ3v) is 14.5. The van der Waals surface area contributed by atoms with Gasteiger partial charge in [-0.25, -0.2) is 9.97 Å². The minimum absolute atomic E-state index is 0.125. The van der Waals surface area contributed by atoms with E-state index in [0.29, 0.717) is 5.82 Å². The summed E-state index contributed by atoms with van der Waals surface area (Å²) in [6.45, 7) is 4.67. The first kappa shape index (κ1) is 37.7. The summed E-state index contributed by atoms with van der Waals surface area (Å²) < 4.78 is 4.80. The van der Waals surface area contributed by atoms with Crippen molar-refractivity contribution in [2.75, 3.05) is 0 Å². The molecule has 4 heteroatoms. The summed E-state index contributed by atoms with van der Waals surface area (Å²) in [7, 11) is 0. The molecule has 0 spiro atoms. The number of para-hydroxylation sites is 3. The smallest absolute Gasteiger partial charge is 0.160 e. The van der Waals surface area contributed by atoms with Gasteiger partial charge in [0.2, 0.25) is 0 Å². The molecule has 0 saturated carbocycles. The summed E-state index contributed by atoms with van der Waals surface area (Å²) in [5.41, 5.74) is 18.5. The van der Waals surface area contributed by atoms with Gasteiger partial charge in [-0.3, -0.25) is 0 Å². The molecule has 0 atom stereocenters. The summed E-state index contributed by atoms with van der Waals surface area (Å²) in [4.78, 5) is 10.8. The molecule has 0 amide bonds. The molecule has 13 aromatic rings. The number of aromatic nitrogens is 4. The molecule has 0 saturated heterocycles. The van der Waals surface area contributed by atoms with Crippen LogP contribution in [0, 0.1) is 0 Å². The lowest BCUT2D eigenvalue weighted by Crippen LogP contribution is -2.15. The quantitative estimate of drug-likeness (QED) is 0.162. The summed E-state index contributed by atoms with van der Waals surface area (Å²) in [6.07, 6.45) is 0. The van der Waals surface area contributed by atoms with Crippen molar-refractivity contribution < 1.29 is 0 Å². The molecule has 0 radical (unpaired) electrons. The Bertz CT molecular complexity index is 4170. The Balaban J connectivity index is 0.925. The van der Waals surface area contributed by atoms with Crippen LogP contribution in [-0.4, -0.2) is 19.1 Å². The van der Waals surface area contributed by atoms with Crippen LogP contribution in [-0.2, 0) is 5.41 Å². The van der Waals surface area contributed by atoms with Gasteiger partial charge in [-0.1, -0.05) is 159 Å². The predicted octanol–water partition coefficient (Wildman–Crippen LogP) is 16.3. The fourth-order valence-electron chi connectivity index (χ4n) is 11.4. The highest BCUT2D eigenvalue weighted by Gasteiger charge is 2.35. The van der Waals surface area contributed by atoms with Crippen molar-refractivity contribution in [1.29, 1.82) is 0 Å². The van der Waals surface area contributed by atoms with Gasteiger partial charge in [0.05, 0.1) is 33.3 Å². The van der Waals surface area contributed by atoms with E-state index in [4.69, 9.17) is 9.97 Å². The van der Waals surface area contributed by atoms with Crippen molar-refractivity contribution in [2.45, 2.75) is 19.3 Å². The standard InChI is InChI=1S/C63H42N4/c1-63(2)53-23-11-8-19-47(53)48-34-31-42(37-54(48)63)60-52-36-29-39-15-6-7-18-46(39)61(52)65-62(64-60)40-27-32-44(33-28-40)67-55-24-12-9-20-49(55)50-35-30-41(38-58(50)67)45-22-14-26-57-59(45)51-21-10-13-25-56(51)66(57)43-16-4-3-5-17-43/h3-38H,1-2H3. The molecule has 67 heavy (non-hydrogen) atoms. The summed E-state index contributed by atoms with van der Waals surface area (Å²) in [5.74, 6) is 0.709. The number of rotatable bonds is 5. The molecule has 1 aliphatic rings. The van der Waals surface area contributed by atoms with Gasteiger partial charge in [0.15, 0.2) is 5.82 Å². The van der Waals surface area contributed by atoms with Crippen molar-refractivity contribution in [3.63, 3.8) is 0 Å². The highest BCUT2D eigenvalue weighted by Crippen LogP contribution is 2.50.